The minimum absolute atomic E-state index is 0.296. The molecule has 6 heteroatoms. The molecule has 1 amide bonds. The average molecular weight is 327 g/mol. The van der Waals surface area contributed by atoms with Crippen LogP contribution in [0, 0.1) is 4.91 Å². The van der Waals surface area contributed by atoms with Crippen molar-refractivity contribution in [3.05, 3.63) is 70.6 Å². The van der Waals surface area contributed by atoms with E-state index in [9.17, 15) is 14.5 Å². The van der Waals surface area contributed by atoms with Gasteiger partial charge in [-0.05, 0) is 30.2 Å². The number of rotatable bonds is 6. The van der Waals surface area contributed by atoms with E-state index in [0.717, 1.165) is 5.56 Å². The summed E-state index contributed by atoms with van der Waals surface area (Å²) in [5.74, 6) is -2.89. The Morgan fingerprint density at radius 3 is 2.29 bits per heavy atom. The lowest BCUT2D eigenvalue weighted by Crippen LogP contribution is -2.24. The summed E-state index contributed by atoms with van der Waals surface area (Å²) < 4.78 is 10.4. The molecule has 0 saturated heterocycles. The van der Waals surface area contributed by atoms with E-state index in [-0.39, 0.29) is 0 Å². The van der Waals surface area contributed by atoms with E-state index in [2.05, 4.69) is 5.18 Å². The van der Waals surface area contributed by atoms with Gasteiger partial charge in [-0.1, -0.05) is 42.5 Å². The fraction of sp³-hybridized carbons (Fsp3) is 0.222. The summed E-state index contributed by atoms with van der Waals surface area (Å²) in [5, 5.41) is 2.39. The Labute approximate surface area is 139 Å². The molecule has 0 fully saturated rings. The number of amides is 1. The molecule has 2 atom stereocenters. The number of carbonyl (C=O) groups is 2. The number of esters is 1. The molecule has 0 bridgehead atoms. The van der Waals surface area contributed by atoms with Gasteiger partial charge in [0.1, 0.15) is 11.9 Å². The summed E-state index contributed by atoms with van der Waals surface area (Å²) in [6.07, 6.45) is -0.564. The Bertz CT molecular complexity index is 729. The maximum Gasteiger partial charge on any atom is 0.323 e. The number of benzene rings is 2. The second-order valence-corrected chi connectivity index (χ2v) is 5.13. The number of nitrogens with zero attached hydrogens (tertiary/aromatic N) is 1. The van der Waals surface area contributed by atoms with Gasteiger partial charge in [-0.2, -0.15) is 0 Å². The molecule has 0 aromatic heterocycles. The first-order chi connectivity index (χ1) is 11.6. The van der Waals surface area contributed by atoms with Gasteiger partial charge in [0.25, 0.3) is 0 Å². The summed E-state index contributed by atoms with van der Waals surface area (Å²) in [7, 11) is 1.46. The molecule has 2 aromatic carbocycles. The molecule has 0 aliphatic heterocycles. The number of carbonyl (C=O) groups excluding carboxylic acids is 2. The molecule has 124 valence electrons. The van der Waals surface area contributed by atoms with Gasteiger partial charge in [0.2, 0.25) is 0 Å². The largest absolute Gasteiger partial charge is 0.497 e. The van der Waals surface area contributed by atoms with E-state index >= 15 is 0 Å². The Morgan fingerprint density at radius 1 is 1.00 bits per heavy atom. The average Bonchev–Trinajstić information content (AvgIpc) is 2.62. The van der Waals surface area contributed by atoms with Gasteiger partial charge >= 0.3 is 11.9 Å². The topological polar surface area (TPSA) is 82.0 Å². The maximum absolute atomic E-state index is 12.4. The number of hydrogen-bond donors (Lipinski definition) is 0. The normalized spacial score (nSPS) is 12.8. The van der Waals surface area contributed by atoms with E-state index in [0.29, 0.717) is 11.3 Å². The molecule has 0 radical (unpaired) electrons. The van der Waals surface area contributed by atoms with Crippen molar-refractivity contribution in [1.29, 1.82) is 0 Å². The van der Waals surface area contributed by atoms with E-state index < -0.39 is 23.9 Å². The van der Waals surface area contributed by atoms with Gasteiger partial charge in [-0.15, -0.1) is 4.91 Å². The third-order valence-electron chi connectivity index (χ3n) is 3.56. The first-order valence-corrected chi connectivity index (χ1v) is 7.33. The number of hydrogen-bond acceptors (Lipinski definition) is 5. The van der Waals surface area contributed by atoms with Crippen LogP contribution in [-0.4, -0.2) is 19.0 Å². The minimum Gasteiger partial charge on any atom is -0.497 e. The van der Waals surface area contributed by atoms with Gasteiger partial charge in [-0.3, -0.25) is 9.59 Å². The third kappa shape index (κ3) is 4.04. The van der Waals surface area contributed by atoms with Crippen molar-refractivity contribution in [1.82, 2.24) is 0 Å². The summed E-state index contributed by atoms with van der Waals surface area (Å²) in [5.41, 5.74) is 1.07. The summed E-state index contributed by atoms with van der Waals surface area (Å²) in [6, 6.07) is 15.4. The second kappa shape index (κ2) is 8.01. The Morgan fingerprint density at radius 2 is 1.67 bits per heavy atom. The number of nitroso groups, excluding NO2 is 1. The molecule has 0 saturated carbocycles. The molecule has 0 spiro atoms. The first kappa shape index (κ1) is 17.3. The highest BCUT2D eigenvalue weighted by Gasteiger charge is 2.32. The van der Waals surface area contributed by atoms with Gasteiger partial charge in [-0.25, -0.2) is 0 Å². The molecular weight excluding hydrogens is 310 g/mol. The smallest absolute Gasteiger partial charge is 0.323 e. The van der Waals surface area contributed by atoms with Crippen molar-refractivity contribution >= 4 is 11.9 Å². The second-order valence-electron chi connectivity index (χ2n) is 5.13. The van der Waals surface area contributed by atoms with Crippen LogP contribution in [0.15, 0.2) is 59.8 Å². The van der Waals surface area contributed by atoms with E-state index in [1.165, 1.54) is 13.2 Å². The quantitative estimate of drug-likeness (QED) is 0.461. The SMILES string of the molecule is COc1cccc(C(C(=O)N=O)C(=O)OC(C)c2ccccc2)c1. The van der Waals surface area contributed by atoms with Crippen LogP contribution in [-0.2, 0) is 14.3 Å². The summed E-state index contributed by atoms with van der Waals surface area (Å²) in [4.78, 5) is 35.0. The van der Waals surface area contributed by atoms with E-state index in [4.69, 9.17) is 9.47 Å². The van der Waals surface area contributed by atoms with Crippen LogP contribution < -0.4 is 4.74 Å². The molecular formula is C18H17NO5. The molecule has 0 heterocycles. The fourth-order valence-electron chi connectivity index (χ4n) is 2.29. The fourth-order valence-corrected chi connectivity index (χ4v) is 2.29. The van der Waals surface area contributed by atoms with E-state index in [1.807, 2.05) is 18.2 Å². The zero-order valence-electron chi connectivity index (χ0n) is 13.3. The molecule has 24 heavy (non-hydrogen) atoms. The predicted octanol–water partition coefficient (Wildman–Crippen LogP) is 3.38. The lowest BCUT2D eigenvalue weighted by molar-refractivity contribution is -0.152. The lowest BCUT2D eigenvalue weighted by atomic mass is 9.98. The van der Waals surface area contributed by atoms with Crippen molar-refractivity contribution < 1.29 is 19.1 Å². The highest BCUT2D eigenvalue weighted by Crippen LogP contribution is 2.26. The molecule has 0 N–H and O–H groups in total. The van der Waals surface area contributed by atoms with Crippen molar-refractivity contribution in [2.24, 2.45) is 5.18 Å². The van der Waals surface area contributed by atoms with Crippen molar-refractivity contribution in [2.45, 2.75) is 18.9 Å². The Kier molecular flexibility index (Phi) is 5.78. The zero-order valence-corrected chi connectivity index (χ0v) is 13.3. The third-order valence-corrected chi connectivity index (χ3v) is 3.56. The summed E-state index contributed by atoms with van der Waals surface area (Å²) in [6.45, 7) is 1.69. The van der Waals surface area contributed by atoms with Gasteiger partial charge in [0.05, 0.1) is 7.11 Å². The molecule has 6 nitrogen and oxygen atoms in total. The minimum atomic E-state index is -1.41. The van der Waals surface area contributed by atoms with Gasteiger partial charge in [0.15, 0.2) is 5.92 Å². The molecule has 2 rings (SSSR count). The monoisotopic (exact) mass is 327 g/mol. The highest BCUT2D eigenvalue weighted by atomic mass is 16.5. The van der Waals surface area contributed by atoms with Gasteiger partial charge < -0.3 is 9.47 Å². The van der Waals surface area contributed by atoms with Crippen LogP contribution >= 0.6 is 0 Å². The number of methoxy groups -OCH3 is 1. The first-order valence-electron chi connectivity index (χ1n) is 7.33. The summed E-state index contributed by atoms with van der Waals surface area (Å²) >= 11 is 0. The lowest BCUT2D eigenvalue weighted by Gasteiger charge is -2.18. The van der Waals surface area contributed by atoms with Crippen LogP contribution in [0.3, 0.4) is 0 Å². The van der Waals surface area contributed by atoms with Crippen LogP contribution in [0.1, 0.15) is 30.1 Å². The van der Waals surface area contributed by atoms with Crippen LogP contribution in [0.5, 0.6) is 5.75 Å². The van der Waals surface area contributed by atoms with Crippen molar-refractivity contribution in [3.8, 4) is 5.75 Å². The molecule has 2 aromatic rings. The van der Waals surface area contributed by atoms with Gasteiger partial charge in [0, 0.05) is 5.18 Å². The van der Waals surface area contributed by atoms with E-state index in [1.54, 1.807) is 37.3 Å². The van der Waals surface area contributed by atoms with Crippen LogP contribution in [0.2, 0.25) is 0 Å². The maximum atomic E-state index is 12.4. The Balaban J connectivity index is 2.25. The van der Waals surface area contributed by atoms with Crippen molar-refractivity contribution in [3.63, 3.8) is 0 Å². The standard InChI is InChI=1S/C18H17NO5/c1-12(13-7-4-3-5-8-13)24-18(21)16(17(20)19-22)14-9-6-10-15(11-14)23-2/h3-12,16H,1-2H3. The van der Waals surface area contributed by atoms with Crippen LogP contribution in [0.25, 0.3) is 0 Å². The van der Waals surface area contributed by atoms with Crippen LogP contribution in [0.4, 0.5) is 0 Å². The predicted molar refractivity (Wildman–Crippen MR) is 87.5 cm³/mol. The number of ether oxygens (including phenoxy) is 2. The molecule has 0 aliphatic rings. The molecule has 0 aliphatic carbocycles. The Hall–Kier alpha value is -3.02. The molecule has 2 unspecified atom stereocenters. The highest BCUT2D eigenvalue weighted by molar-refractivity contribution is 6.03. The zero-order chi connectivity index (χ0) is 17.5. The van der Waals surface area contributed by atoms with Crippen molar-refractivity contribution in [2.75, 3.05) is 7.11 Å².